The summed E-state index contributed by atoms with van der Waals surface area (Å²) in [5.74, 6) is 1.76. The normalized spacial score (nSPS) is 23.7. The Morgan fingerprint density at radius 1 is 1.53 bits per heavy atom. The Bertz CT molecular complexity index is 408. The summed E-state index contributed by atoms with van der Waals surface area (Å²) in [4.78, 5) is 19.0. The second kappa shape index (κ2) is 3.77. The molecular weight excluding hydrogens is 214 g/mol. The van der Waals surface area contributed by atoms with E-state index in [1.165, 1.54) is 0 Å². The van der Waals surface area contributed by atoms with Crippen LogP contribution in [0.2, 0.25) is 5.15 Å². The zero-order valence-electron chi connectivity index (χ0n) is 8.62. The summed E-state index contributed by atoms with van der Waals surface area (Å²) in [6.07, 6.45) is 1.80. The quantitative estimate of drug-likeness (QED) is 0.632. The van der Waals surface area contributed by atoms with E-state index >= 15 is 0 Å². The van der Waals surface area contributed by atoms with E-state index in [-0.39, 0.29) is 5.15 Å². The molecule has 1 fully saturated rings. The van der Waals surface area contributed by atoms with Gasteiger partial charge in [0, 0.05) is 6.04 Å². The standard InChI is InChI=1S/C10H12ClN3O/c1-5-3-8(5)14-10-7(4-15)9(11)12-6(2)13-10/h4-5,8H,3H2,1-2H3,(H,12,13,14). The number of halogens is 1. The first-order valence-electron chi connectivity index (χ1n) is 4.87. The second-order valence-corrected chi connectivity index (χ2v) is 4.26. The molecule has 0 aliphatic heterocycles. The van der Waals surface area contributed by atoms with Crippen molar-refractivity contribution >= 4 is 23.7 Å². The van der Waals surface area contributed by atoms with Crippen molar-refractivity contribution < 1.29 is 4.79 Å². The van der Waals surface area contributed by atoms with Crippen LogP contribution in [0.25, 0.3) is 0 Å². The van der Waals surface area contributed by atoms with Gasteiger partial charge >= 0.3 is 0 Å². The number of nitrogens with one attached hydrogen (secondary N) is 1. The zero-order valence-corrected chi connectivity index (χ0v) is 9.38. The maximum atomic E-state index is 10.8. The van der Waals surface area contributed by atoms with Crippen molar-refractivity contribution in [3.8, 4) is 0 Å². The number of aryl methyl sites for hydroxylation is 1. The third-order valence-electron chi connectivity index (χ3n) is 2.56. The highest BCUT2D eigenvalue weighted by Crippen LogP contribution is 2.33. The zero-order chi connectivity index (χ0) is 11.0. The van der Waals surface area contributed by atoms with Crippen LogP contribution in [0.1, 0.15) is 29.5 Å². The van der Waals surface area contributed by atoms with Crippen molar-refractivity contribution in [1.29, 1.82) is 0 Å². The molecule has 0 saturated heterocycles. The minimum absolute atomic E-state index is 0.216. The van der Waals surface area contributed by atoms with Crippen molar-refractivity contribution in [2.75, 3.05) is 5.32 Å². The molecule has 2 rings (SSSR count). The molecule has 2 atom stereocenters. The molecule has 0 radical (unpaired) electrons. The summed E-state index contributed by atoms with van der Waals surface area (Å²) in [6, 6.07) is 0.411. The highest BCUT2D eigenvalue weighted by Gasteiger charge is 2.33. The van der Waals surface area contributed by atoms with E-state index in [4.69, 9.17) is 11.6 Å². The van der Waals surface area contributed by atoms with Crippen molar-refractivity contribution in [2.45, 2.75) is 26.3 Å². The molecule has 1 aliphatic rings. The molecule has 15 heavy (non-hydrogen) atoms. The number of nitrogens with zero attached hydrogens (tertiary/aromatic N) is 2. The fourth-order valence-electron chi connectivity index (χ4n) is 1.46. The number of aromatic nitrogens is 2. The predicted octanol–water partition coefficient (Wildman–Crippen LogP) is 2.07. The Morgan fingerprint density at radius 3 is 2.73 bits per heavy atom. The first kappa shape index (κ1) is 10.4. The molecule has 1 heterocycles. The third-order valence-corrected chi connectivity index (χ3v) is 2.85. The lowest BCUT2D eigenvalue weighted by Gasteiger charge is -2.08. The van der Waals surface area contributed by atoms with Crippen LogP contribution in [0, 0.1) is 12.8 Å². The summed E-state index contributed by atoms with van der Waals surface area (Å²) in [6.45, 7) is 3.90. The molecule has 2 unspecified atom stereocenters. The van der Waals surface area contributed by atoms with Gasteiger partial charge in [0.25, 0.3) is 0 Å². The Morgan fingerprint density at radius 2 is 2.20 bits per heavy atom. The van der Waals surface area contributed by atoms with E-state index in [2.05, 4.69) is 22.2 Å². The Labute approximate surface area is 93.1 Å². The van der Waals surface area contributed by atoms with Crippen molar-refractivity contribution in [3.05, 3.63) is 16.5 Å². The van der Waals surface area contributed by atoms with Gasteiger partial charge in [-0.05, 0) is 19.3 Å². The van der Waals surface area contributed by atoms with Gasteiger partial charge in [-0.15, -0.1) is 0 Å². The lowest BCUT2D eigenvalue weighted by molar-refractivity contribution is 0.112. The first-order valence-corrected chi connectivity index (χ1v) is 5.25. The molecule has 5 heteroatoms. The lowest BCUT2D eigenvalue weighted by Crippen LogP contribution is -2.10. The molecule has 1 aromatic heterocycles. The van der Waals surface area contributed by atoms with Crippen LogP contribution in [-0.2, 0) is 0 Å². The fraction of sp³-hybridized carbons (Fsp3) is 0.500. The van der Waals surface area contributed by atoms with Gasteiger partial charge in [0.1, 0.15) is 16.8 Å². The molecule has 1 N–H and O–H groups in total. The summed E-state index contributed by atoms with van der Waals surface area (Å²) >= 11 is 5.85. The number of carbonyl (C=O) groups excluding carboxylic acids is 1. The minimum atomic E-state index is 0.216. The van der Waals surface area contributed by atoms with Gasteiger partial charge in [-0.1, -0.05) is 18.5 Å². The van der Waals surface area contributed by atoms with Gasteiger partial charge in [0.05, 0.1) is 5.56 Å². The molecular formula is C10H12ClN3O. The number of anilines is 1. The Balaban J connectivity index is 2.31. The fourth-order valence-corrected chi connectivity index (χ4v) is 1.72. The number of hydrogen-bond donors (Lipinski definition) is 1. The van der Waals surface area contributed by atoms with Crippen LogP contribution in [0.3, 0.4) is 0 Å². The SMILES string of the molecule is Cc1nc(Cl)c(C=O)c(NC2CC2C)n1. The lowest BCUT2D eigenvalue weighted by atomic mass is 10.3. The molecule has 4 nitrogen and oxygen atoms in total. The van der Waals surface area contributed by atoms with E-state index < -0.39 is 0 Å². The van der Waals surface area contributed by atoms with E-state index in [1.807, 2.05) is 0 Å². The topological polar surface area (TPSA) is 54.9 Å². The number of hydrogen-bond acceptors (Lipinski definition) is 4. The largest absolute Gasteiger partial charge is 0.366 e. The molecule has 0 spiro atoms. The number of carbonyl (C=O) groups is 1. The van der Waals surface area contributed by atoms with E-state index in [0.717, 1.165) is 6.42 Å². The van der Waals surface area contributed by atoms with Crippen LogP contribution in [0.5, 0.6) is 0 Å². The maximum Gasteiger partial charge on any atom is 0.156 e. The van der Waals surface area contributed by atoms with Crippen LogP contribution in [0.15, 0.2) is 0 Å². The van der Waals surface area contributed by atoms with Crippen molar-refractivity contribution in [1.82, 2.24) is 9.97 Å². The number of aldehydes is 1. The predicted molar refractivity (Wildman–Crippen MR) is 58.4 cm³/mol. The highest BCUT2D eigenvalue weighted by molar-refractivity contribution is 6.32. The van der Waals surface area contributed by atoms with Gasteiger partial charge in [-0.3, -0.25) is 4.79 Å². The molecule has 0 aromatic carbocycles. The Kier molecular flexibility index (Phi) is 2.61. The van der Waals surface area contributed by atoms with E-state index in [1.54, 1.807) is 6.92 Å². The smallest absolute Gasteiger partial charge is 0.156 e. The van der Waals surface area contributed by atoms with Gasteiger partial charge in [0.2, 0.25) is 0 Å². The highest BCUT2D eigenvalue weighted by atomic mass is 35.5. The summed E-state index contributed by atoms with van der Waals surface area (Å²) in [7, 11) is 0. The van der Waals surface area contributed by atoms with Gasteiger partial charge < -0.3 is 5.32 Å². The molecule has 1 aromatic rings. The molecule has 1 saturated carbocycles. The average molecular weight is 226 g/mol. The van der Waals surface area contributed by atoms with Crippen LogP contribution in [-0.4, -0.2) is 22.3 Å². The second-order valence-electron chi connectivity index (χ2n) is 3.91. The van der Waals surface area contributed by atoms with Gasteiger partial charge in [0.15, 0.2) is 6.29 Å². The molecule has 0 bridgehead atoms. The average Bonchev–Trinajstić information content (AvgIpc) is 2.81. The van der Waals surface area contributed by atoms with Crippen molar-refractivity contribution in [2.24, 2.45) is 5.92 Å². The monoisotopic (exact) mass is 225 g/mol. The van der Waals surface area contributed by atoms with Crippen LogP contribution in [0.4, 0.5) is 5.82 Å². The number of rotatable bonds is 3. The first-order chi connectivity index (χ1) is 7.11. The van der Waals surface area contributed by atoms with Gasteiger partial charge in [-0.25, -0.2) is 9.97 Å². The van der Waals surface area contributed by atoms with Crippen molar-refractivity contribution in [3.63, 3.8) is 0 Å². The third kappa shape index (κ3) is 2.09. The Hall–Kier alpha value is -1.16. The molecule has 0 amide bonds. The van der Waals surface area contributed by atoms with Crippen LogP contribution >= 0.6 is 11.6 Å². The van der Waals surface area contributed by atoms with E-state index in [9.17, 15) is 4.79 Å². The minimum Gasteiger partial charge on any atom is -0.366 e. The maximum absolute atomic E-state index is 10.8. The van der Waals surface area contributed by atoms with E-state index in [0.29, 0.717) is 35.5 Å². The van der Waals surface area contributed by atoms with Gasteiger partial charge in [-0.2, -0.15) is 0 Å². The van der Waals surface area contributed by atoms with Crippen LogP contribution < -0.4 is 5.32 Å². The summed E-state index contributed by atoms with van der Waals surface area (Å²) < 4.78 is 0. The molecule has 1 aliphatic carbocycles. The molecule has 80 valence electrons. The summed E-state index contributed by atoms with van der Waals surface area (Å²) in [5, 5.41) is 3.42. The summed E-state index contributed by atoms with van der Waals surface area (Å²) in [5.41, 5.74) is 0.348.